The van der Waals surface area contributed by atoms with Gasteiger partial charge in [-0.2, -0.15) is 0 Å². The number of anilines is 1. The third kappa shape index (κ3) is 4.15. The molecule has 1 spiro atoms. The molecule has 2 saturated heterocycles. The second-order valence-electron chi connectivity index (χ2n) is 9.53. The lowest BCUT2D eigenvalue weighted by Gasteiger charge is -2.45. The van der Waals surface area contributed by atoms with Gasteiger partial charge in [-0.05, 0) is 81.6 Å². The second-order valence-corrected chi connectivity index (χ2v) is 9.53. The number of amides is 2. The monoisotopic (exact) mass is 466 g/mol. The number of piperidine rings is 2. The molecule has 0 bridgehead atoms. The number of ether oxygens (including phenoxy) is 1. The van der Waals surface area contributed by atoms with Crippen LogP contribution in [0.2, 0.25) is 0 Å². The van der Waals surface area contributed by atoms with Gasteiger partial charge in [-0.15, -0.1) is 0 Å². The third-order valence-electron chi connectivity index (χ3n) is 7.70. The highest BCUT2D eigenvalue weighted by Crippen LogP contribution is 2.48. The van der Waals surface area contributed by atoms with Gasteiger partial charge in [0.2, 0.25) is 0 Å². The van der Waals surface area contributed by atoms with Gasteiger partial charge < -0.3 is 19.4 Å². The van der Waals surface area contributed by atoms with Gasteiger partial charge in [-0.1, -0.05) is 0 Å². The molecule has 1 aromatic heterocycles. The molecular weight excluding hydrogens is 435 g/mol. The van der Waals surface area contributed by atoms with Crippen LogP contribution in [0, 0.1) is 5.82 Å². The van der Waals surface area contributed by atoms with E-state index in [0.717, 1.165) is 50.0 Å². The van der Waals surface area contributed by atoms with Crippen LogP contribution in [0.5, 0.6) is 0 Å². The molecule has 2 fully saturated rings. The van der Waals surface area contributed by atoms with Gasteiger partial charge in [-0.25, -0.2) is 9.18 Å². The van der Waals surface area contributed by atoms with Crippen molar-refractivity contribution in [2.75, 3.05) is 44.2 Å². The molecule has 180 valence electrons. The lowest BCUT2D eigenvalue weighted by Crippen LogP contribution is -2.52. The molecule has 0 aliphatic carbocycles. The molecule has 0 radical (unpaired) electrons. The number of likely N-dealkylation sites (tertiary alicyclic amines) is 2. The summed E-state index contributed by atoms with van der Waals surface area (Å²) in [5, 5.41) is 0. The minimum Gasteiger partial charge on any atom is -0.450 e. The van der Waals surface area contributed by atoms with E-state index in [1.807, 2.05) is 6.92 Å². The highest BCUT2D eigenvalue weighted by atomic mass is 19.1. The van der Waals surface area contributed by atoms with Gasteiger partial charge in [0.15, 0.2) is 0 Å². The zero-order valence-corrected chi connectivity index (χ0v) is 19.6. The van der Waals surface area contributed by atoms with Crippen LogP contribution in [0.1, 0.15) is 48.5 Å². The van der Waals surface area contributed by atoms with E-state index in [1.165, 1.54) is 6.07 Å². The molecule has 0 unspecified atom stereocenters. The van der Waals surface area contributed by atoms with Crippen LogP contribution in [0.25, 0.3) is 0 Å². The fraction of sp³-hybridized carbons (Fsp3) is 0.500. The minimum atomic E-state index is -0.262. The summed E-state index contributed by atoms with van der Waals surface area (Å²) in [5.74, 6) is -0.353. The number of benzene rings is 1. The topological polar surface area (TPSA) is 66.0 Å². The standard InChI is InChI=1S/C26H31FN4O3/c1-2-34-25(33)30-12-7-21(8-13-30)29-14-9-26(10-15-29)18-31(23-6-5-20(27)16-22(23)26)24(32)19-4-3-11-28-17-19/h3-6,11,16-17,21H,2,7-10,12-15,18H2,1H3. The second kappa shape index (κ2) is 9.33. The lowest BCUT2D eigenvalue weighted by molar-refractivity contribution is 0.0576. The number of hydrogen-bond donors (Lipinski definition) is 0. The number of halogens is 1. The predicted octanol–water partition coefficient (Wildman–Crippen LogP) is 3.84. The number of fused-ring (bicyclic) bond motifs is 2. The Bertz CT molecular complexity index is 1050. The molecule has 3 aliphatic heterocycles. The van der Waals surface area contributed by atoms with Crippen molar-refractivity contribution >= 4 is 17.7 Å². The summed E-state index contributed by atoms with van der Waals surface area (Å²) in [6, 6.07) is 8.77. The maximum atomic E-state index is 14.3. The van der Waals surface area contributed by atoms with Crippen molar-refractivity contribution in [3.05, 3.63) is 59.7 Å². The molecule has 0 saturated carbocycles. The predicted molar refractivity (Wildman–Crippen MR) is 126 cm³/mol. The van der Waals surface area contributed by atoms with Crippen LogP contribution in [-0.4, -0.2) is 72.2 Å². The Morgan fingerprint density at radius 3 is 2.59 bits per heavy atom. The van der Waals surface area contributed by atoms with Gasteiger partial charge >= 0.3 is 6.09 Å². The van der Waals surface area contributed by atoms with Crippen LogP contribution in [-0.2, 0) is 10.2 Å². The summed E-state index contributed by atoms with van der Waals surface area (Å²) < 4.78 is 19.4. The largest absolute Gasteiger partial charge is 0.450 e. The molecule has 7 nitrogen and oxygen atoms in total. The van der Waals surface area contributed by atoms with Gasteiger partial charge in [0.25, 0.3) is 5.91 Å². The van der Waals surface area contributed by atoms with E-state index < -0.39 is 0 Å². The van der Waals surface area contributed by atoms with E-state index >= 15 is 0 Å². The lowest BCUT2D eigenvalue weighted by atomic mass is 9.74. The molecule has 5 rings (SSSR count). The van der Waals surface area contributed by atoms with E-state index in [0.29, 0.717) is 37.8 Å². The Labute approximate surface area is 199 Å². The first-order chi connectivity index (χ1) is 16.5. The van der Waals surface area contributed by atoms with Crippen LogP contribution in [0.3, 0.4) is 0 Å². The van der Waals surface area contributed by atoms with E-state index in [4.69, 9.17) is 4.74 Å². The molecule has 4 heterocycles. The molecule has 2 amide bonds. The number of nitrogens with zero attached hydrogens (tertiary/aromatic N) is 4. The summed E-state index contributed by atoms with van der Waals surface area (Å²) in [4.78, 5) is 35.5. The Morgan fingerprint density at radius 1 is 1.15 bits per heavy atom. The van der Waals surface area contributed by atoms with Gasteiger partial charge in [-0.3, -0.25) is 9.78 Å². The zero-order chi connectivity index (χ0) is 23.7. The summed E-state index contributed by atoms with van der Waals surface area (Å²) in [7, 11) is 0. The Hall–Kier alpha value is -3.00. The molecule has 0 N–H and O–H groups in total. The van der Waals surface area contributed by atoms with E-state index in [2.05, 4.69) is 9.88 Å². The third-order valence-corrected chi connectivity index (χ3v) is 7.70. The summed E-state index contributed by atoms with van der Waals surface area (Å²) in [5.41, 5.74) is 2.06. The Kier molecular flexibility index (Phi) is 6.25. The average Bonchev–Trinajstić information content (AvgIpc) is 3.18. The normalized spacial score (nSPS) is 20.4. The molecule has 34 heavy (non-hydrogen) atoms. The van der Waals surface area contributed by atoms with Crippen LogP contribution in [0.4, 0.5) is 14.9 Å². The first-order valence-electron chi connectivity index (χ1n) is 12.2. The van der Waals surface area contributed by atoms with Crippen molar-refractivity contribution in [3.63, 3.8) is 0 Å². The van der Waals surface area contributed by atoms with Crippen molar-refractivity contribution < 1.29 is 18.7 Å². The molecule has 8 heteroatoms. The van der Waals surface area contributed by atoms with Crippen LogP contribution in [0.15, 0.2) is 42.7 Å². The number of aromatic nitrogens is 1. The summed E-state index contributed by atoms with van der Waals surface area (Å²) in [6.45, 7) is 6.01. The molecule has 3 aliphatic rings. The van der Waals surface area contributed by atoms with Gasteiger partial charge in [0, 0.05) is 49.2 Å². The number of pyridine rings is 1. The molecule has 1 aromatic carbocycles. The van der Waals surface area contributed by atoms with E-state index in [1.54, 1.807) is 46.5 Å². The Morgan fingerprint density at radius 2 is 1.91 bits per heavy atom. The smallest absolute Gasteiger partial charge is 0.409 e. The van der Waals surface area contributed by atoms with Gasteiger partial charge in [0.05, 0.1) is 12.2 Å². The van der Waals surface area contributed by atoms with Crippen molar-refractivity contribution in [1.29, 1.82) is 0 Å². The number of hydrogen-bond acceptors (Lipinski definition) is 5. The van der Waals surface area contributed by atoms with Crippen LogP contribution < -0.4 is 4.90 Å². The minimum absolute atomic E-state index is 0.0911. The summed E-state index contributed by atoms with van der Waals surface area (Å²) >= 11 is 0. The van der Waals surface area contributed by atoms with Crippen molar-refractivity contribution in [2.24, 2.45) is 0 Å². The highest BCUT2D eigenvalue weighted by molar-refractivity contribution is 6.07. The first kappa shape index (κ1) is 22.8. The first-order valence-corrected chi connectivity index (χ1v) is 12.2. The fourth-order valence-electron chi connectivity index (χ4n) is 5.84. The van der Waals surface area contributed by atoms with Gasteiger partial charge in [0.1, 0.15) is 5.82 Å². The van der Waals surface area contributed by atoms with E-state index in [9.17, 15) is 14.0 Å². The van der Waals surface area contributed by atoms with E-state index in [-0.39, 0.29) is 23.2 Å². The zero-order valence-electron chi connectivity index (χ0n) is 19.6. The Balaban J connectivity index is 1.29. The van der Waals surface area contributed by atoms with Crippen molar-refractivity contribution in [2.45, 2.75) is 44.1 Å². The quantitative estimate of drug-likeness (QED) is 0.688. The molecule has 0 atom stereocenters. The van der Waals surface area contributed by atoms with Crippen molar-refractivity contribution in [3.8, 4) is 0 Å². The van der Waals surface area contributed by atoms with Crippen LogP contribution >= 0.6 is 0 Å². The molecular formula is C26H31FN4O3. The summed E-state index contributed by atoms with van der Waals surface area (Å²) in [6.07, 6.45) is 6.63. The highest BCUT2D eigenvalue weighted by Gasteiger charge is 2.47. The SMILES string of the molecule is CCOC(=O)N1CCC(N2CCC3(CC2)CN(C(=O)c2cccnc2)c2ccc(F)cc23)CC1. The molecule has 2 aromatic rings. The fourth-order valence-corrected chi connectivity index (χ4v) is 5.84. The van der Waals surface area contributed by atoms with Crippen molar-refractivity contribution in [1.82, 2.24) is 14.8 Å². The number of carbonyl (C=O) groups is 2. The maximum absolute atomic E-state index is 14.3. The number of rotatable bonds is 3. The number of carbonyl (C=O) groups excluding carboxylic acids is 2. The maximum Gasteiger partial charge on any atom is 0.409 e. The average molecular weight is 467 g/mol.